The van der Waals surface area contributed by atoms with E-state index in [1.54, 1.807) is 0 Å². The standard InChI is InChI=1S/C11H24N2/c1-4-8-13(5-2)10-11(6-7-11)9-12-3/h12H,4-10H2,1-3H3. The number of nitrogens with one attached hydrogen (secondary N) is 1. The zero-order chi connectivity index (χ0) is 9.73. The molecule has 0 radical (unpaired) electrons. The SMILES string of the molecule is CCCN(CC)CC1(CNC)CC1. The summed E-state index contributed by atoms with van der Waals surface area (Å²) in [6.45, 7) is 9.51. The van der Waals surface area contributed by atoms with Crippen LogP contribution in [0.25, 0.3) is 0 Å². The molecule has 0 bridgehead atoms. The lowest BCUT2D eigenvalue weighted by atomic mass is 10.1. The molecule has 2 nitrogen and oxygen atoms in total. The molecular weight excluding hydrogens is 160 g/mol. The normalized spacial score (nSPS) is 19.4. The molecule has 13 heavy (non-hydrogen) atoms. The van der Waals surface area contributed by atoms with Gasteiger partial charge in [0.25, 0.3) is 0 Å². The van der Waals surface area contributed by atoms with E-state index in [0.717, 1.165) is 0 Å². The Morgan fingerprint density at radius 3 is 2.38 bits per heavy atom. The molecule has 2 heteroatoms. The monoisotopic (exact) mass is 184 g/mol. The molecule has 1 N–H and O–H groups in total. The molecule has 78 valence electrons. The molecule has 1 aliphatic carbocycles. The summed E-state index contributed by atoms with van der Waals surface area (Å²) in [6, 6.07) is 0. The van der Waals surface area contributed by atoms with Crippen LogP contribution in [0.15, 0.2) is 0 Å². The minimum atomic E-state index is 0.639. The van der Waals surface area contributed by atoms with Gasteiger partial charge in [0.15, 0.2) is 0 Å². The first kappa shape index (κ1) is 11.0. The summed E-state index contributed by atoms with van der Waals surface area (Å²) in [5.41, 5.74) is 0.639. The lowest BCUT2D eigenvalue weighted by molar-refractivity contribution is 0.227. The van der Waals surface area contributed by atoms with E-state index in [1.165, 1.54) is 45.4 Å². The van der Waals surface area contributed by atoms with Crippen LogP contribution in [0, 0.1) is 5.41 Å². The highest BCUT2D eigenvalue weighted by Crippen LogP contribution is 2.45. The molecule has 1 saturated carbocycles. The minimum absolute atomic E-state index is 0.639. The van der Waals surface area contributed by atoms with E-state index in [-0.39, 0.29) is 0 Å². The van der Waals surface area contributed by atoms with Crippen molar-refractivity contribution >= 4 is 0 Å². The van der Waals surface area contributed by atoms with Crippen LogP contribution in [0.2, 0.25) is 0 Å². The Labute approximate surface area is 82.7 Å². The quantitative estimate of drug-likeness (QED) is 0.648. The van der Waals surface area contributed by atoms with Gasteiger partial charge in [-0.05, 0) is 44.8 Å². The Morgan fingerprint density at radius 1 is 1.31 bits per heavy atom. The van der Waals surface area contributed by atoms with Gasteiger partial charge in [0.2, 0.25) is 0 Å². The van der Waals surface area contributed by atoms with Gasteiger partial charge in [0, 0.05) is 13.1 Å². The maximum atomic E-state index is 3.32. The van der Waals surface area contributed by atoms with Gasteiger partial charge in [-0.3, -0.25) is 0 Å². The summed E-state index contributed by atoms with van der Waals surface area (Å²) in [5, 5.41) is 3.32. The van der Waals surface area contributed by atoms with Crippen molar-refractivity contribution in [3.05, 3.63) is 0 Å². The van der Waals surface area contributed by atoms with Gasteiger partial charge in [0.1, 0.15) is 0 Å². The van der Waals surface area contributed by atoms with Gasteiger partial charge < -0.3 is 10.2 Å². The van der Waals surface area contributed by atoms with Crippen LogP contribution in [0.1, 0.15) is 33.1 Å². The summed E-state index contributed by atoms with van der Waals surface area (Å²) < 4.78 is 0. The molecular formula is C11H24N2. The van der Waals surface area contributed by atoms with Crippen molar-refractivity contribution in [3.63, 3.8) is 0 Å². The number of hydrogen-bond acceptors (Lipinski definition) is 2. The lowest BCUT2D eigenvalue weighted by Gasteiger charge is -2.25. The van der Waals surface area contributed by atoms with Gasteiger partial charge in [-0.25, -0.2) is 0 Å². The summed E-state index contributed by atoms with van der Waals surface area (Å²) in [6.07, 6.45) is 4.13. The van der Waals surface area contributed by atoms with E-state index in [0.29, 0.717) is 5.41 Å². The van der Waals surface area contributed by atoms with E-state index < -0.39 is 0 Å². The Morgan fingerprint density at radius 2 is 2.00 bits per heavy atom. The van der Waals surface area contributed by atoms with Crippen LogP contribution in [-0.4, -0.2) is 38.1 Å². The second-order valence-corrected chi connectivity index (χ2v) is 4.40. The summed E-state index contributed by atoms with van der Waals surface area (Å²) in [5.74, 6) is 0. The fourth-order valence-electron chi connectivity index (χ4n) is 2.08. The van der Waals surface area contributed by atoms with E-state index in [9.17, 15) is 0 Å². The second-order valence-electron chi connectivity index (χ2n) is 4.40. The number of rotatable bonds is 7. The molecule has 0 unspecified atom stereocenters. The van der Waals surface area contributed by atoms with Crippen LogP contribution in [0.5, 0.6) is 0 Å². The molecule has 0 saturated heterocycles. The molecule has 0 aromatic rings. The van der Waals surface area contributed by atoms with Crippen molar-refractivity contribution in [2.24, 2.45) is 5.41 Å². The third-order valence-electron chi connectivity index (χ3n) is 3.05. The summed E-state index contributed by atoms with van der Waals surface area (Å²) >= 11 is 0. The number of hydrogen-bond donors (Lipinski definition) is 1. The Balaban J connectivity index is 2.27. The molecule has 1 rings (SSSR count). The van der Waals surface area contributed by atoms with Crippen LogP contribution in [0.3, 0.4) is 0 Å². The predicted octanol–water partition coefficient (Wildman–Crippen LogP) is 1.72. The molecule has 0 heterocycles. The third-order valence-corrected chi connectivity index (χ3v) is 3.05. The van der Waals surface area contributed by atoms with Gasteiger partial charge in [-0.1, -0.05) is 13.8 Å². The van der Waals surface area contributed by atoms with Crippen molar-refractivity contribution in [2.75, 3.05) is 33.2 Å². The molecule has 0 spiro atoms. The van der Waals surface area contributed by atoms with E-state index in [4.69, 9.17) is 0 Å². The van der Waals surface area contributed by atoms with Crippen molar-refractivity contribution in [3.8, 4) is 0 Å². The van der Waals surface area contributed by atoms with Crippen molar-refractivity contribution in [1.82, 2.24) is 10.2 Å². The average Bonchev–Trinajstić information content (AvgIpc) is 2.85. The first-order valence-corrected chi connectivity index (χ1v) is 5.63. The van der Waals surface area contributed by atoms with Crippen molar-refractivity contribution in [1.29, 1.82) is 0 Å². The van der Waals surface area contributed by atoms with Crippen LogP contribution in [0.4, 0.5) is 0 Å². The summed E-state index contributed by atoms with van der Waals surface area (Å²) in [4.78, 5) is 2.59. The molecule has 0 aliphatic heterocycles. The lowest BCUT2D eigenvalue weighted by Crippen LogP contribution is -2.35. The third kappa shape index (κ3) is 3.28. The molecule has 0 atom stereocenters. The van der Waals surface area contributed by atoms with Crippen LogP contribution < -0.4 is 5.32 Å². The Hall–Kier alpha value is -0.0800. The largest absolute Gasteiger partial charge is 0.319 e. The zero-order valence-corrected chi connectivity index (χ0v) is 9.40. The maximum Gasteiger partial charge on any atom is 0.00500 e. The molecule has 0 amide bonds. The van der Waals surface area contributed by atoms with Gasteiger partial charge in [-0.2, -0.15) is 0 Å². The fraction of sp³-hybridized carbons (Fsp3) is 1.00. The Bertz CT molecular complexity index is 141. The van der Waals surface area contributed by atoms with E-state index in [1.807, 2.05) is 0 Å². The second kappa shape index (κ2) is 4.97. The van der Waals surface area contributed by atoms with Gasteiger partial charge in [-0.15, -0.1) is 0 Å². The first-order chi connectivity index (χ1) is 6.26. The molecule has 0 aromatic carbocycles. The smallest absolute Gasteiger partial charge is 0.00500 e. The molecule has 1 fully saturated rings. The maximum absolute atomic E-state index is 3.32. The van der Waals surface area contributed by atoms with E-state index in [2.05, 4.69) is 31.1 Å². The average molecular weight is 184 g/mol. The van der Waals surface area contributed by atoms with E-state index >= 15 is 0 Å². The molecule has 0 aromatic heterocycles. The number of nitrogens with zero attached hydrogens (tertiary/aromatic N) is 1. The highest BCUT2D eigenvalue weighted by atomic mass is 15.1. The summed E-state index contributed by atoms with van der Waals surface area (Å²) in [7, 11) is 2.07. The van der Waals surface area contributed by atoms with Gasteiger partial charge in [0.05, 0.1) is 0 Å². The Kier molecular flexibility index (Phi) is 4.20. The highest BCUT2D eigenvalue weighted by Gasteiger charge is 2.42. The topological polar surface area (TPSA) is 15.3 Å². The fourth-order valence-corrected chi connectivity index (χ4v) is 2.08. The van der Waals surface area contributed by atoms with Crippen molar-refractivity contribution < 1.29 is 0 Å². The van der Waals surface area contributed by atoms with Crippen molar-refractivity contribution in [2.45, 2.75) is 33.1 Å². The van der Waals surface area contributed by atoms with Gasteiger partial charge >= 0.3 is 0 Å². The van der Waals surface area contributed by atoms with Crippen LogP contribution in [-0.2, 0) is 0 Å². The molecule has 1 aliphatic rings. The minimum Gasteiger partial charge on any atom is -0.319 e. The zero-order valence-electron chi connectivity index (χ0n) is 9.40. The highest BCUT2D eigenvalue weighted by molar-refractivity contribution is 4.96. The predicted molar refractivity (Wildman–Crippen MR) is 58.0 cm³/mol. The van der Waals surface area contributed by atoms with Crippen LogP contribution >= 0.6 is 0 Å². The first-order valence-electron chi connectivity index (χ1n) is 5.63.